The van der Waals surface area contributed by atoms with Gasteiger partial charge in [0.2, 0.25) is 11.8 Å². The fraction of sp³-hybridized carbons (Fsp3) is 0.341. The van der Waals surface area contributed by atoms with Gasteiger partial charge in [-0.2, -0.15) is 0 Å². The Balaban J connectivity index is 0.825. The number of rotatable bonds is 13. The highest BCUT2D eigenvalue weighted by Gasteiger charge is 2.43. The maximum absolute atomic E-state index is 13.2. The number of imide groups is 1. The molecule has 4 aromatic rings. The normalized spacial score (nSPS) is 21.6. The second-order valence-electron chi connectivity index (χ2n) is 14.6. The van der Waals surface area contributed by atoms with Crippen molar-refractivity contribution in [2.24, 2.45) is 0 Å². The molecule has 3 fully saturated rings. The van der Waals surface area contributed by atoms with E-state index in [0.717, 1.165) is 67.0 Å². The first-order valence-corrected chi connectivity index (χ1v) is 19.0. The predicted octanol–water partition coefficient (Wildman–Crippen LogP) is 5.74. The summed E-state index contributed by atoms with van der Waals surface area (Å²) in [7, 11) is 0. The molecule has 10 heteroatoms. The van der Waals surface area contributed by atoms with Gasteiger partial charge in [0.15, 0.2) is 0 Å². The molecule has 0 aromatic heterocycles. The monoisotopic (exact) mass is 726 g/mol. The summed E-state index contributed by atoms with van der Waals surface area (Å²) >= 11 is 0. The number of hydrogen-bond donors (Lipinski definition) is 2. The number of nitrogens with one attached hydrogen (secondary N) is 1. The number of benzene rings is 4. The Morgan fingerprint density at radius 3 is 2.09 bits per heavy atom. The van der Waals surface area contributed by atoms with Crippen LogP contribution in [0.1, 0.15) is 65.2 Å². The standard InChI is InChI=1S/C44H46N4O6/c1-2-36(29-7-4-3-5-8-29)42(30-11-15-34(49)16-12-30)31-13-17-35(18-14-31)53-23-21-46-26-33-25-32(46)27-47(33)22-24-54-40-10-6-9-37-38(40)28-48(44(37)52)39-19-20-41(50)45-43(39)51/h3-18,32-33,39,49H,2,19-28H2,1H3,(H,45,50,51). The number of carbonyl (C=O) groups is 3. The van der Waals surface area contributed by atoms with E-state index in [1.165, 1.54) is 11.1 Å². The number of phenols is 1. The molecule has 8 rings (SSSR count). The fourth-order valence-corrected chi connectivity index (χ4v) is 8.65. The highest BCUT2D eigenvalue weighted by atomic mass is 16.5. The minimum Gasteiger partial charge on any atom is -0.508 e. The summed E-state index contributed by atoms with van der Waals surface area (Å²) in [5.41, 5.74) is 7.13. The number of fused-ring (bicyclic) bond motifs is 3. The molecular formula is C44H46N4O6. The number of ether oxygens (including phenoxy) is 2. The Hall–Kier alpha value is -5.45. The van der Waals surface area contributed by atoms with Crippen LogP contribution < -0.4 is 14.8 Å². The summed E-state index contributed by atoms with van der Waals surface area (Å²) in [5.74, 6) is 0.886. The lowest BCUT2D eigenvalue weighted by molar-refractivity contribution is -0.136. The maximum Gasteiger partial charge on any atom is 0.255 e. The van der Waals surface area contributed by atoms with Crippen LogP contribution in [0.5, 0.6) is 17.2 Å². The number of aromatic hydroxyl groups is 1. The molecule has 54 heavy (non-hydrogen) atoms. The van der Waals surface area contributed by atoms with Crippen LogP contribution in [0.4, 0.5) is 0 Å². The number of carbonyl (C=O) groups excluding carboxylic acids is 3. The van der Waals surface area contributed by atoms with Crippen molar-refractivity contribution in [2.45, 2.75) is 57.3 Å². The SMILES string of the molecule is CCC(=C(c1ccc(O)cc1)c1ccc(OCCN2CC3CC2CN3CCOc2cccc3c2CN(C2CCC(=O)NC2=O)C3=O)cc1)c1ccccc1. The van der Waals surface area contributed by atoms with Crippen molar-refractivity contribution in [1.82, 2.24) is 20.0 Å². The van der Waals surface area contributed by atoms with Crippen molar-refractivity contribution in [3.05, 3.63) is 125 Å². The number of phenolic OH excluding ortho intramolecular Hbond substituents is 1. The highest BCUT2D eigenvalue weighted by molar-refractivity contribution is 6.05. The van der Waals surface area contributed by atoms with Crippen molar-refractivity contribution in [3.8, 4) is 17.2 Å². The average molecular weight is 727 g/mol. The first-order chi connectivity index (χ1) is 26.4. The minimum absolute atomic E-state index is 0.191. The summed E-state index contributed by atoms with van der Waals surface area (Å²) in [5, 5.41) is 12.3. The van der Waals surface area contributed by atoms with Gasteiger partial charge in [0, 0.05) is 55.8 Å². The van der Waals surface area contributed by atoms with Crippen molar-refractivity contribution in [2.75, 3.05) is 39.4 Å². The molecule has 0 spiro atoms. The maximum atomic E-state index is 13.2. The van der Waals surface area contributed by atoms with E-state index in [0.29, 0.717) is 49.6 Å². The number of allylic oxidation sites excluding steroid dienone is 1. The molecule has 0 aliphatic carbocycles. The molecular weight excluding hydrogens is 681 g/mol. The van der Waals surface area contributed by atoms with E-state index in [2.05, 4.69) is 70.6 Å². The third-order valence-corrected chi connectivity index (χ3v) is 11.4. The van der Waals surface area contributed by atoms with E-state index < -0.39 is 11.9 Å². The van der Waals surface area contributed by atoms with Gasteiger partial charge in [0.05, 0.1) is 6.54 Å². The van der Waals surface area contributed by atoms with Gasteiger partial charge in [-0.25, -0.2) is 0 Å². The van der Waals surface area contributed by atoms with Crippen LogP contribution in [0, 0.1) is 0 Å². The van der Waals surface area contributed by atoms with Gasteiger partial charge in [0.1, 0.15) is 36.5 Å². The van der Waals surface area contributed by atoms with Crippen LogP contribution in [-0.2, 0) is 16.1 Å². The summed E-state index contributed by atoms with van der Waals surface area (Å²) in [6.07, 6.45) is 2.57. The number of nitrogens with zero attached hydrogens (tertiary/aromatic N) is 3. The minimum atomic E-state index is -0.642. The Labute approximate surface area is 316 Å². The lowest BCUT2D eigenvalue weighted by Crippen LogP contribution is -2.52. The van der Waals surface area contributed by atoms with Crippen LogP contribution in [0.2, 0.25) is 0 Å². The number of amides is 3. The molecule has 4 heterocycles. The lowest BCUT2D eigenvalue weighted by atomic mass is 9.88. The topological polar surface area (TPSA) is 112 Å². The van der Waals surface area contributed by atoms with Crippen LogP contribution in [0.3, 0.4) is 0 Å². The summed E-state index contributed by atoms with van der Waals surface area (Å²) in [4.78, 5) is 43.9. The molecule has 4 aliphatic heterocycles. The summed E-state index contributed by atoms with van der Waals surface area (Å²) < 4.78 is 12.5. The first-order valence-electron chi connectivity index (χ1n) is 19.0. The van der Waals surface area contributed by atoms with Gasteiger partial charge >= 0.3 is 0 Å². The molecule has 2 N–H and O–H groups in total. The third kappa shape index (κ3) is 7.23. The van der Waals surface area contributed by atoms with Crippen molar-refractivity contribution < 1.29 is 29.0 Å². The molecule has 3 amide bonds. The molecule has 3 atom stereocenters. The molecule has 10 nitrogen and oxygen atoms in total. The number of hydrogen-bond acceptors (Lipinski definition) is 8. The highest BCUT2D eigenvalue weighted by Crippen LogP contribution is 2.37. The van der Waals surface area contributed by atoms with Gasteiger partial charge in [-0.1, -0.05) is 67.6 Å². The van der Waals surface area contributed by atoms with Crippen molar-refractivity contribution in [3.63, 3.8) is 0 Å². The Bertz CT molecular complexity index is 2050. The quantitative estimate of drug-likeness (QED) is 0.133. The second-order valence-corrected chi connectivity index (χ2v) is 14.6. The smallest absolute Gasteiger partial charge is 0.255 e. The largest absolute Gasteiger partial charge is 0.508 e. The molecule has 3 unspecified atom stereocenters. The zero-order valence-corrected chi connectivity index (χ0v) is 30.6. The van der Waals surface area contributed by atoms with Crippen molar-refractivity contribution in [1.29, 1.82) is 0 Å². The number of likely N-dealkylation sites (tertiary alicyclic amines) is 2. The van der Waals surface area contributed by atoms with E-state index >= 15 is 0 Å². The van der Waals surface area contributed by atoms with E-state index in [4.69, 9.17) is 9.47 Å². The second kappa shape index (κ2) is 15.5. The van der Waals surface area contributed by atoms with Gasteiger partial charge in [-0.15, -0.1) is 0 Å². The van der Waals surface area contributed by atoms with E-state index in [1.807, 2.05) is 30.3 Å². The molecule has 0 saturated carbocycles. The zero-order chi connectivity index (χ0) is 37.2. The van der Waals surface area contributed by atoms with Crippen LogP contribution in [0.15, 0.2) is 97.1 Å². The third-order valence-electron chi connectivity index (χ3n) is 11.4. The van der Waals surface area contributed by atoms with Gasteiger partial charge < -0.3 is 19.5 Å². The van der Waals surface area contributed by atoms with Gasteiger partial charge in [-0.3, -0.25) is 29.5 Å². The van der Waals surface area contributed by atoms with E-state index in [1.54, 1.807) is 23.1 Å². The van der Waals surface area contributed by atoms with Gasteiger partial charge in [0.25, 0.3) is 5.91 Å². The summed E-state index contributed by atoms with van der Waals surface area (Å²) in [6.45, 7) is 7.28. The molecule has 0 radical (unpaired) electrons. The van der Waals surface area contributed by atoms with Crippen LogP contribution >= 0.6 is 0 Å². The van der Waals surface area contributed by atoms with Crippen molar-refractivity contribution >= 4 is 28.9 Å². The lowest BCUT2D eigenvalue weighted by Gasteiger charge is -2.34. The fourth-order valence-electron chi connectivity index (χ4n) is 8.65. The first kappa shape index (κ1) is 35.6. The molecule has 4 aromatic carbocycles. The molecule has 278 valence electrons. The molecule has 4 aliphatic rings. The Kier molecular flexibility index (Phi) is 10.2. The number of piperidine rings is 1. The van der Waals surface area contributed by atoms with Crippen LogP contribution in [0.25, 0.3) is 11.1 Å². The molecule has 2 bridgehead atoms. The van der Waals surface area contributed by atoms with E-state index in [-0.39, 0.29) is 24.0 Å². The van der Waals surface area contributed by atoms with E-state index in [9.17, 15) is 19.5 Å². The Morgan fingerprint density at radius 1 is 0.778 bits per heavy atom. The zero-order valence-electron chi connectivity index (χ0n) is 30.6. The summed E-state index contributed by atoms with van der Waals surface area (Å²) in [6, 6.07) is 32.1. The number of piperazine rings is 1. The predicted molar refractivity (Wildman–Crippen MR) is 206 cm³/mol. The van der Waals surface area contributed by atoms with Crippen LogP contribution in [-0.4, -0.2) is 95.0 Å². The average Bonchev–Trinajstić information content (AvgIpc) is 3.88. The Morgan fingerprint density at radius 2 is 1.44 bits per heavy atom. The van der Waals surface area contributed by atoms with Gasteiger partial charge in [-0.05, 0) is 83.5 Å². The molecule has 3 saturated heterocycles.